The largest absolute Gasteiger partial charge is 0.444 e. The number of aryl methyl sites for hydroxylation is 1. The number of aliphatic hydroxyl groups excluding tert-OH is 1. The molecule has 10 nitrogen and oxygen atoms in total. The van der Waals surface area contributed by atoms with Gasteiger partial charge < -0.3 is 23.7 Å². The van der Waals surface area contributed by atoms with Gasteiger partial charge in [0.15, 0.2) is 0 Å². The summed E-state index contributed by atoms with van der Waals surface area (Å²) >= 11 is 1.31. The van der Waals surface area contributed by atoms with E-state index in [1.165, 1.54) is 22.2 Å². The van der Waals surface area contributed by atoms with Gasteiger partial charge in [-0.05, 0) is 38.8 Å². The number of thiophene rings is 1. The van der Waals surface area contributed by atoms with Crippen LogP contribution in [0.2, 0.25) is 0 Å². The monoisotopic (exact) mass is 553 g/mol. The lowest BCUT2D eigenvalue weighted by Gasteiger charge is -2.27. The summed E-state index contributed by atoms with van der Waals surface area (Å²) in [5, 5.41) is 10.7. The van der Waals surface area contributed by atoms with Crippen molar-refractivity contribution in [3.05, 3.63) is 74.8 Å². The molecule has 5 heterocycles. The van der Waals surface area contributed by atoms with Crippen LogP contribution in [0.5, 0.6) is 0 Å². The Bertz CT molecular complexity index is 1600. The minimum absolute atomic E-state index is 0.150. The molecule has 5 atom stereocenters. The first-order valence-corrected chi connectivity index (χ1v) is 13.8. The van der Waals surface area contributed by atoms with E-state index in [0.29, 0.717) is 26.5 Å². The molecule has 1 aromatic carbocycles. The third kappa shape index (κ3) is 4.48. The van der Waals surface area contributed by atoms with Crippen LogP contribution in [0.3, 0.4) is 0 Å². The molecule has 2 aliphatic rings. The highest BCUT2D eigenvalue weighted by Gasteiger charge is 2.48. The molecule has 0 radical (unpaired) electrons. The Morgan fingerprint density at radius 2 is 1.90 bits per heavy atom. The highest BCUT2D eigenvalue weighted by Crippen LogP contribution is 2.37. The summed E-state index contributed by atoms with van der Waals surface area (Å²) in [5.41, 5.74) is 0.0621. The number of hydrogen-bond acceptors (Lipinski definition) is 9. The summed E-state index contributed by atoms with van der Waals surface area (Å²) in [7, 11) is 0. The third-order valence-electron chi connectivity index (χ3n) is 7.35. The van der Waals surface area contributed by atoms with Crippen molar-refractivity contribution >= 4 is 21.6 Å². The van der Waals surface area contributed by atoms with Gasteiger partial charge in [-0.3, -0.25) is 13.9 Å². The van der Waals surface area contributed by atoms with Crippen molar-refractivity contribution < 1.29 is 23.7 Å². The van der Waals surface area contributed by atoms with E-state index in [-0.39, 0.29) is 25.3 Å². The topological polar surface area (TPSA) is 118 Å². The Morgan fingerprint density at radius 3 is 2.59 bits per heavy atom. The fourth-order valence-corrected chi connectivity index (χ4v) is 6.71. The lowest BCUT2D eigenvalue weighted by Crippen LogP contribution is -2.48. The van der Waals surface area contributed by atoms with Crippen molar-refractivity contribution in [2.75, 3.05) is 13.2 Å². The Morgan fingerprint density at radius 1 is 1.15 bits per heavy atom. The number of aromatic nitrogens is 3. The number of oxazole rings is 1. The van der Waals surface area contributed by atoms with Gasteiger partial charge in [-0.2, -0.15) is 0 Å². The third-order valence-corrected chi connectivity index (χ3v) is 8.65. The van der Waals surface area contributed by atoms with Gasteiger partial charge in [0.25, 0.3) is 5.56 Å². The quantitative estimate of drug-likeness (QED) is 0.387. The van der Waals surface area contributed by atoms with Crippen molar-refractivity contribution in [1.29, 1.82) is 0 Å². The van der Waals surface area contributed by atoms with E-state index in [1.807, 2.05) is 58.0 Å². The van der Waals surface area contributed by atoms with E-state index < -0.39 is 41.7 Å². The molecule has 0 saturated carbocycles. The first-order valence-electron chi connectivity index (χ1n) is 13.0. The predicted octanol–water partition coefficient (Wildman–Crippen LogP) is 3.23. The van der Waals surface area contributed by atoms with Crippen molar-refractivity contribution in [2.45, 2.75) is 70.3 Å². The normalized spacial score (nSPS) is 23.9. The zero-order valence-corrected chi connectivity index (χ0v) is 23.0. The van der Waals surface area contributed by atoms with Crippen LogP contribution < -0.4 is 11.2 Å². The average Bonchev–Trinajstić information content (AvgIpc) is 3.68. The molecular weight excluding hydrogens is 522 g/mol. The van der Waals surface area contributed by atoms with Crippen LogP contribution >= 0.6 is 11.3 Å². The fraction of sp³-hybridized carbons (Fsp3) is 0.464. The smallest absolute Gasteiger partial charge is 0.332 e. The van der Waals surface area contributed by atoms with Crippen LogP contribution in [0.25, 0.3) is 21.0 Å². The number of ether oxygens (including phenoxy) is 3. The summed E-state index contributed by atoms with van der Waals surface area (Å²) in [6.45, 7) is 7.99. The lowest BCUT2D eigenvalue weighted by molar-refractivity contribution is -0.0787. The van der Waals surface area contributed by atoms with E-state index in [9.17, 15) is 14.7 Å². The van der Waals surface area contributed by atoms with E-state index in [2.05, 4.69) is 4.98 Å². The Hall–Kier alpha value is -3.09. The maximum atomic E-state index is 14.0. The van der Waals surface area contributed by atoms with Gasteiger partial charge in [-0.15, -0.1) is 11.3 Å². The van der Waals surface area contributed by atoms with Crippen molar-refractivity contribution in [2.24, 2.45) is 0 Å². The van der Waals surface area contributed by atoms with Crippen LogP contribution in [0.1, 0.15) is 38.0 Å². The van der Waals surface area contributed by atoms with E-state index in [1.54, 1.807) is 10.8 Å². The van der Waals surface area contributed by atoms with Crippen LogP contribution in [-0.2, 0) is 26.3 Å². The maximum absolute atomic E-state index is 14.0. The van der Waals surface area contributed by atoms with Gasteiger partial charge in [0.2, 0.25) is 5.89 Å². The van der Waals surface area contributed by atoms with Crippen molar-refractivity contribution in [1.82, 2.24) is 14.1 Å². The van der Waals surface area contributed by atoms with E-state index in [4.69, 9.17) is 18.6 Å². The molecule has 39 heavy (non-hydrogen) atoms. The SMILES string of the molecule is Cc1c(-c2ncco2)sc2c1c(=O)n(C(C)(C)C)c(=O)n2CC(O[C@H]1COC2C1OC[C@@H]2O)c1ccccc1. The number of benzene rings is 1. The molecule has 206 valence electrons. The average molecular weight is 554 g/mol. The summed E-state index contributed by atoms with van der Waals surface area (Å²) < 4.78 is 26.7. The molecule has 6 rings (SSSR count). The van der Waals surface area contributed by atoms with Crippen molar-refractivity contribution in [3.8, 4) is 10.8 Å². The highest BCUT2D eigenvalue weighted by molar-refractivity contribution is 7.22. The molecule has 2 fully saturated rings. The lowest BCUT2D eigenvalue weighted by atomic mass is 10.1. The molecule has 1 N–H and O–H groups in total. The Balaban J connectivity index is 1.50. The fourth-order valence-electron chi connectivity index (χ4n) is 5.47. The summed E-state index contributed by atoms with van der Waals surface area (Å²) in [5.74, 6) is 0.399. The van der Waals surface area contributed by atoms with Gasteiger partial charge in [0.1, 0.15) is 41.6 Å². The van der Waals surface area contributed by atoms with Gasteiger partial charge in [0, 0.05) is 5.54 Å². The van der Waals surface area contributed by atoms with Gasteiger partial charge >= 0.3 is 5.69 Å². The van der Waals surface area contributed by atoms with Gasteiger partial charge in [-0.1, -0.05) is 30.3 Å². The molecule has 11 heteroatoms. The molecule has 0 amide bonds. The van der Waals surface area contributed by atoms with Crippen LogP contribution in [0.4, 0.5) is 0 Å². The summed E-state index contributed by atoms with van der Waals surface area (Å²) in [6.07, 6.45) is 0.526. The standard InChI is InChI=1S/C28H31N3O7S/c1-15-20-25(33)31(28(2,3)4)27(34)30(26(20)39-23(15)24-29-10-11-35-24)12-18(16-8-6-5-7-9-16)38-19-14-37-21-17(32)13-36-22(19)21/h5-11,17-19,21-22,32H,12-14H2,1-4H3/t17-,18?,19-,21?,22?/m0/s1. The molecule has 4 aromatic rings. The molecular formula is C28H31N3O7S. The number of aliphatic hydroxyl groups is 1. The zero-order chi connectivity index (χ0) is 27.5. The Labute approximate surface area is 228 Å². The number of fused-ring (bicyclic) bond motifs is 2. The Kier molecular flexibility index (Phi) is 6.59. The maximum Gasteiger partial charge on any atom is 0.332 e. The second-order valence-electron chi connectivity index (χ2n) is 11.0. The van der Waals surface area contributed by atoms with Crippen LogP contribution in [0.15, 0.2) is 56.8 Å². The first-order chi connectivity index (χ1) is 18.6. The molecule has 3 aromatic heterocycles. The second kappa shape index (κ2) is 9.83. The molecule has 2 aliphatic heterocycles. The summed E-state index contributed by atoms with van der Waals surface area (Å²) in [6, 6.07) is 9.64. The second-order valence-corrected chi connectivity index (χ2v) is 12.0. The number of rotatable bonds is 6. The van der Waals surface area contributed by atoms with Crippen LogP contribution in [-0.4, -0.2) is 56.9 Å². The predicted molar refractivity (Wildman–Crippen MR) is 145 cm³/mol. The minimum atomic E-state index is -0.759. The minimum Gasteiger partial charge on any atom is -0.444 e. The van der Waals surface area contributed by atoms with Crippen molar-refractivity contribution in [3.63, 3.8) is 0 Å². The molecule has 0 bridgehead atoms. The summed E-state index contributed by atoms with van der Waals surface area (Å²) in [4.78, 5) is 33.3. The first kappa shape index (κ1) is 26.1. The molecule has 3 unspecified atom stereocenters. The number of hydrogen-bond donors (Lipinski definition) is 1. The van der Waals surface area contributed by atoms with E-state index in [0.717, 1.165) is 5.56 Å². The zero-order valence-electron chi connectivity index (χ0n) is 22.2. The molecule has 2 saturated heterocycles. The highest BCUT2D eigenvalue weighted by atomic mass is 32.1. The van der Waals surface area contributed by atoms with Gasteiger partial charge in [0.05, 0.1) is 36.2 Å². The molecule has 0 spiro atoms. The number of nitrogens with zero attached hydrogens (tertiary/aromatic N) is 3. The van der Waals surface area contributed by atoms with Gasteiger partial charge in [-0.25, -0.2) is 9.78 Å². The van der Waals surface area contributed by atoms with Crippen LogP contribution in [0, 0.1) is 6.92 Å². The van der Waals surface area contributed by atoms with E-state index >= 15 is 0 Å². The molecule has 0 aliphatic carbocycles.